The highest BCUT2D eigenvalue weighted by molar-refractivity contribution is 6.03. The van der Waals surface area contributed by atoms with Crippen LogP contribution in [0, 0.1) is 23.7 Å². The minimum absolute atomic E-state index is 0.0102. The number of carbonyl (C=O) groups excluding carboxylic acids is 2. The fourth-order valence-electron chi connectivity index (χ4n) is 12.1. The number of allylic oxidation sites excluding steroid dienone is 1. The van der Waals surface area contributed by atoms with Gasteiger partial charge < -0.3 is 49.0 Å². The summed E-state index contributed by atoms with van der Waals surface area (Å²) < 4.78 is 32.2. The third-order valence-corrected chi connectivity index (χ3v) is 15.6. The second kappa shape index (κ2) is 27.3. The molecular formula is C57H83N3O10. The molecule has 2 fully saturated rings. The van der Waals surface area contributed by atoms with Crippen molar-refractivity contribution in [2.45, 2.75) is 179 Å². The third-order valence-electron chi connectivity index (χ3n) is 15.6. The molecule has 3 aliphatic carbocycles. The van der Waals surface area contributed by atoms with Gasteiger partial charge in [-0.25, -0.2) is 4.79 Å². The van der Waals surface area contributed by atoms with Crippen molar-refractivity contribution in [2.75, 3.05) is 40.3 Å². The van der Waals surface area contributed by atoms with Crippen molar-refractivity contribution in [1.82, 2.24) is 10.2 Å². The number of hydrogen-bond donors (Lipinski definition) is 3. The first-order valence-electron chi connectivity index (χ1n) is 27.1. The molecule has 0 saturated heterocycles. The number of aliphatic hydroxyl groups is 2. The summed E-state index contributed by atoms with van der Waals surface area (Å²) in [6, 6.07) is 10.8. The third kappa shape index (κ3) is 13.5. The largest absolute Gasteiger partial charge is 0.459 e. The van der Waals surface area contributed by atoms with Crippen molar-refractivity contribution in [1.29, 1.82) is 0 Å². The number of fused-ring (bicyclic) bond motifs is 3. The number of nitrogens with one attached hydrogen (secondary N) is 1. The summed E-state index contributed by atoms with van der Waals surface area (Å²) in [5.41, 5.74) is 3.46. The molecule has 386 valence electrons. The van der Waals surface area contributed by atoms with Crippen molar-refractivity contribution in [3.8, 4) is 23.0 Å². The lowest BCUT2D eigenvalue weighted by atomic mass is 9.55. The lowest BCUT2D eigenvalue weighted by Crippen LogP contribution is -2.70. The lowest BCUT2D eigenvalue weighted by molar-refractivity contribution is -0.258. The highest BCUT2D eigenvalue weighted by Crippen LogP contribution is 2.62. The number of oxime groups is 1. The molecule has 2 saturated carbocycles. The Balaban J connectivity index is 1.25. The molecule has 0 bridgehead atoms. The Hall–Kier alpha value is -4.59. The lowest BCUT2D eigenvalue weighted by Gasteiger charge is -2.60. The molecular weight excluding hydrogens is 887 g/mol. The van der Waals surface area contributed by atoms with Gasteiger partial charge in [0.2, 0.25) is 18.5 Å². The molecule has 2 aromatic carbocycles. The maximum atomic E-state index is 15.2. The van der Waals surface area contributed by atoms with Gasteiger partial charge in [-0.15, -0.1) is 6.58 Å². The molecule has 2 aliphatic heterocycles. The first-order valence-corrected chi connectivity index (χ1v) is 27.1. The molecule has 2 heterocycles. The monoisotopic (exact) mass is 970 g/mol. The molecule has 0 radical (unpaired) electrons. The van der Waals surface area contributed by atoms with Gasteiger partial charge in [-0.3, -0.25) is 4.79 Å². The molecule has 3 N–H and O–H groups in total. The summed E-state index contributed by atoms with van der Waals surface area (Å²) in [6.45, 7) is 7.63. The second-order valence-electron chi connectivity index (χ2n) is 20.4. The van der Waals surface area contributed by atoms with Crippen molar-refractivity contribution in [3.63, 3.8) is 0 Å². The maximum Gasteiger partial charge on any atom is 0.412 e. The summed E-state index contributed by atoms with van der Waals surface area (Å²) >= 11 is 0. The molecule has 2 aromatic rings. The zero-order chi connectivity index (χ0) is 49.1. The average Bonchev–Trinajstić information content (AvgIpc) is 4.08. The van der Waals surface area contributed by atoms with Gasteiger partial charge >= 0.3 is 6.09 Å². The average molecular weight is 970 g/mol. The van der Waals surface area contributed by atoms with E-state index in [4.69, 9.17) is 33.7 Å². The van der Waals surface area contributed by atoms with Crippen LogP contribution in [0.5, 0.6) is 23.0 Å². The molecule has 13 heteroatoms. The van der Waals surface area contributed by atoms with E-state index < -0.39 is 23.8 Å². The Morgan fingerprint density at radius 1 is 0.871 bits per heavy atom. The molecule has 6 atom stereocenters. The van der Waals surface area contributed by atoms with E-state index in [0.29, 0.717) is 61.1 Å². The van der Waals surface area contributed by atoms with Crippen molar-refractivity contribution in [3.05, 3.63) is 71.8 Å². The molecule has 2 amide bonds. The van der Waals surface area contributed by atoms with Gasteiger partial charge in [0, 0.05) is 50.6 Å². The Morgan fingerprint density at radius 2 is 1.59 bits per heavy atom. The molecule has 0 aromatic heterocycles. The zero-order valence-electron chi connectivity index (χ0n) is 42.4. The SMILES string of the molecule is C=CCOC12Oc3ccc(OC(=O)NCCCCCCCCCCCC)cc3C3C(CCCCO)C(CCCCO)C=C(C(=NOC)CC1N(Cc1ccc4c(c1)OCO4)C(=O)CCC1CCCC1)C32. The van der Waals surface area contributed by atoms with Gasteiger partial charge in [-0.05, 0) is 97.7 Å². The van der Waals surface area contributed by atoms with E-state index in [2.05, 4.69) is 24.9 Å². The van der Waals surface area contributed by atoms with E-state index in [0.717, 1.165) is 86.6 Å². The first kappa shape index (κ1) is 53.2. The van der Waals surface area contributed by atoms with Crippen LogP contribution in [0.1, 0.15) is 172 Å². The molecule has 70 heavy (non-hydrogen) atoms. The summed E-state index contributed by atoms with van der Waals surface area (Å²) in [4.78, 5) is 36.3. The van der Waals surface area contributed by atoms with Crippen LogP contribution in [-0.4, -0.2) is 84.9 Å². The van der Waals surface area contributed by atoms with Crippen LogP contribution < -0.4 is 24.3 Å². The van der Waals surface area contributed by atoms with Crippen molar-refractivity contribution < 1.29 is 48.3 Å². The van der Waals surface area contributed by atoms with Crippen LogP contribution in [0.2, 0.25) is 0 Å². The first-order chi connectivity index (χ1) is 34.3. The molecule has 7 rings (SSSR count). The van der Waals surface area contributed by atoms with Gasteiger partial charge in [0.1, 0.15) is 24.7 Å². The Morgan fingerprint density at radius 3 is 2.31 bits per heavy atom. The van der Waals surface area contributed by atoms with Gasteiger partial charge in [-0.1, -0.05) is 127 Å². The normalized spacial score (nSPS) is 23.8. The molecule has 0 spiro atoms. The minimum atomic E-state index is -1.41. The fraction of sp³-hybridized carbons (Fsp3) is 0.667. The molecule has 13 nitrogen and oxygen atoms in total. The van der Waals surface area contributed by atoms with Crippen LogP contribution in [0.15, 0.2) is 65.9 Å². The highest BCUT2D eigenvalue weighted by atomic mass is 16.7. The van der Waals surface area contributed by atoms with Gasteiger partial charge in [0.15, 0.2) is 11.5 Å². The number of unbranched alkanes of at least 4 members (excludes halogenated alkanes) is 11. The Bertz CT molecular complexity index is 2050. The molecule has 6 unspecified atom stereocenters. The fourth-order valence-corrected chi connectivity index (χ4v) is 12.1. The quantitative estimate of drug-likeness (QED) is 0.0391. The van der Waals surface area contributed by atoms with E-state index in [-0.39, 0.29) is 56.8 Å². The minimum Gasteiger partial charge on any atom is -0.459 e. The molecule has 5 aliphatic rings. The van der Waals surface area contributed by atoms with E-state index >= 15 is 4.79 Å². The second-order valence-corrected chi connectivity index (χ2v) is 20.4. The number of amides is 2. The van der Waals surface area contributed by atoms with E-state index in [1.165, 1.54) is 57.8 Å². The summed E-state index contributed by atoms with van der Waals surface area (Å²) in [7, 11) is 1.56. The summed E-state index contributed by atoms with van der Waals surface area (Å²) in [5.74, 6) is 0.783. The van der Waals surface area contributed by atoms with Crippen LogP contribution in [0.3, 0.4) is 0 Å². The van der Waals surface area contributed by atoms with E-state index in [1.54, 1.807) is 19.3 Å². The number of carbonyl (C=O) groups is 2. The van der Waals surface area contributed by atoms with Crippen LogP contribution in [-0.2, 0) is 20.9 Å². The summed E-state index contributed by atoms with van der Waals surface area (Å²) in [5, 5.41) is 27.8. The number of rotatable bonds is 30. The van der Waals surface area contributed by atoms with Crippen molar-refractivity contribution in [2.24, 2.45) is 28.8 Å². The smallest absolute Gasteiger partial charge is 0.412 e. The predicted molar refractivity (Wildman–Crippen MR) is 272 cm³/mol. The van der Waals surface area contributed by atoms with Crippen molar-refractivity contribution >= 4 is 17.7 Å². The summed E-state index contributed by atoms with van der Waals surface area (Å²) in [6.07, 6.45) is 26.4. The predicted octanol–water partition coefficient (Wildman–Crippen LogP) is 11.7. The topological polar surface area (TPSA) is 158 Å². The maximum absolute atomic E-state index is 15.2. The van der Waals surface area contributed by atoms with Crippen LogP contribution in [0.4, 0.5) is 4.79 Å². The van der Waals surface area contributed by atoms with E-state index in [9.17, 15) is 15.0 Å². The standard InChI is InChI=1S/C57H83N3O10/c1-4-6-7-8-9-10-11-12-13-18-31-58-56(64)69-44-27-29-49-47(37-44)54-45(24-17-20-33-62)43(23-16-19-32-61)36-46-48(59-65-3)38-52(57(70-49,55(46)54)68-34-5-2)60(53(63)30-26-41-21-14-15-22-41)39-42-25-28-50-51(35-42)67-40-66-50/h5,25,27-29,35-37,41,43,45,52,54-55,61-62H,2,4,6-24,26,30-34,38-40H2,1,3H3,(H,58,64). The van der Waals surface area contributed by atoms with Gasteiger partial charge in [0.05, 0.1) is 18.2 Å². The number of ether oxygens (including phenoxy) is 5. The zero-order valence-corrected chi connectivity index (χ0v) is 42.4. The number of benzene rings is 2. The van der Waals surface area contributed by atoms with Gasteiger partial charge in [0.25, 0.3) is 0 Å². The van der Waals surface area contributed by atoms with Crippen LogP contribution in [0.25, 0.3) is 0 Å². The number of nitrogens with zero attached hydrogens (tertiary/aromatic N) is 2. The Kier molecular flexibility index (Phi) is 20.7. The Labute approximate surface area is 417 Å². The number of hydrogen-bond acceptors (Lipinski definition) is 11. The number of aliphatic hydroxyl groups excluding tert-OH is 2. The van der Waals surface area contributed by atoms with Crippen LogP contribution >= 0.6 is 0 Å². The highest BCUT2D eigenvalue weighted by Gasteiger charge is 2.65. The van der Waals surface area contributed by atoms with E-state index in [1.807, 2.05) is 35.2 Å². The van der Waals surface area contributed by atoms with Gasteiger partial charge in [-0.2, -0.15) is 0 Å².